The normalized spacial score (nSPS) is 29.6. The maximum Gasteiger partial charge on any atom is 0.326 e. The summed E-state index contributed by atoms with van der Waals surface area (Å²) >= 11 is 2.06. The Morgan fingerprint density at radius 1 is 1.30 bits per heavy atom. The van der Waals surface area contributed by atoms with E-state index in [1.54, 1.807) is 0 Å². The van der Waals surface area contributed by atoms with E-state index >= 15 is 0 Å². The van der Waals surface area contributed by atoms with E-state index in [-0.39, 0.29) is 11.5 Å². The van der Waals surface area contributed by atoms with Gasteiger partial charge in [-0.15, -0.1) is 0 Å². The molecule has 0 aromatic rings. The molecule has 0 spiro atoms. The van der Waals surface area contributed by atoms with Gasteiger partial charge in [0.1, 0.15) is 5.54 Å². The zero-order valence-electron chi connectivity index (χ0n) is 13.0. The van der Waals surface area contributed by atoms with E-state index in [4.69, 9.17) is 4.74 Å². The van der Waals surface area contributed by atoms with Crippen LogP contribution in [-0.2, 0) is 9.53 Å². The molecule has 3 nitrogen and oxygen atoms in total. The highest BCUT2D eigenvalue weighted by molar-refractivity contribution is 7.99. The Labute approximate surface area is 127 Å². The monoisotopic (exact) mass is 299 g/mol. The topological polar surface area (TPSA) is 38.3 Å². The smallest absolute Gasteiger partial charge is 0.326 e. The van der Waals surface area contributed by atoms with Crippen LogP contribution in [0.4, 0.5) is 0 Å². The van der Waals surface area contributed by atoms with Crippen molar-refractivity contribution >= 4 is 17.7 Å². The molecule has 20 heavy (non-hydrogen) atoms. The second-order valence-corrected chi connectivity index (χ2v) is 7.57. The van der Waals surface area contributed by atoms with E-state index in [1.165, 1.54) is 37.9 Å². The highest BCUT2D eigenvalue weighted by atomic mass is 32.2. The van der Waals surface area contributed by atoms with Gasteiger partial charge >= 0.3 is 5.97 Å². The molecule has 4 heteroatoms. The largest absolute Gasteiger partial charge is 0.465 e. The average molecular weight is 299 g/mol. The number of ether oxygens (including phenoxy) is 1. The Hall–Kier alpha value is -0.220. The van der Waals surface area contributed by atoms with Gasteiger partial charge in [0.25, 0.3) is 0 Å². The zero-order valence-corrected chi connectivity index (χ0v) is 13.8. The van der Waals surface area contributed by atoms with Crippen LogP contribution in [0.1, 0.15) is 65.2 Å². The molecule has 2 saturated carbocycles. The van der Waals surface area contributed by atoms with Crippen LogP contribution < -0.4 is 5.32 Å². The van der Waals surface area contributed by atoms with E-state index in [0.29, 0.717) is 17.9 Å². The van der Waals surface area contributed by atoms with Gasteiger partial charge in [-0.1, -0.05) is 19.8 Å². The van der Waals surface area contributed by atoms with Crippen LogP contribution >= 0.6 is 11.8 Å². The third kappa shape index (κ3) is 4.39. The summed E-state index contributed by atoms with van der Waals surface area (Å²) in [4.78, 5) is 12.4. The van der Waals surface area contributed by atoms with Crippen molar-refractivity contribution in [1.29, 1.82) is 0 Å². The molecule has 0 aliphatic heterocycles. The van der Waals surface area contributed by atoms with Crippen molar-refractivity contribution in [3.8, 4) is 0 Å². The SMILES string of the molecule is CCCCCSC1CCC(NC2CC2)(C(=O)OCC)C1. The van der Waals surface area contributed by atoms with E-state index in [9.17, 15) is 4.79 Å². The lowest BCUT2D eigenvalue weighted by atomic mass is 9.97. The lowest BCUT2D eigenvalue weighted by molar-refractivity contribution is -0.151. The highest BCUT2D eigenvalue weighted by Gasteiger charge is 2.48. The van der Waals surface area contributed by atoms with Gasteiger partial charge in [-0.25, -0.2) is 0 Å². The van der Waals surface area contributed by atoms with Crippen LogP contribution in [0.25, 0.3) is 0 Å². The van der Waals surface area contributed by atoms with E-state index in [0.717, 1.165) is 19.3 Å². The van der Waals surface area contributed by atoms with Crippen molar-refractivity contribution in [2.24, 2.45) is 0 Å². The van der Waals surface area contributed by atoms with Crippen molar-refractivity contribution in [3.05, 3.63) is 0 Å². The first-order chi connectivity index (χ1) is 9.70. The third-order valence-electron chi connectivity index (χ3n) is 4.29. The minimum Gasteiger partial charge on any atom is -0.465 e. The number of carbonyl (C=O) groups is 1. The maximum absolute atomic E-state index is 12.4. The zero-order chi connectivity index (χ0) is 14.4. The summed E-state index contributed by atoms with van der Waals surface area (Å²) in [5, 5.41) is 4.22. The minimum atomic E-state index is -0.375. The molecule has 2 unspecified atom stereocenters. The average Bonchev–Trinajstić information content (AvgIpc) is 3.14. The second-order valence-electron chi connectivity index (χ2n) is 6.16. The number of esters is 1. The molecular formula is C16H29NO2S. The van der Waals surface area contributed by atoms with Crippen LogP contribution in [0.2, 0.25) is 0 Å². The number of nitrogens with one attached hydrogen (secondary N) is 1. The lowest BCUT2D eigenvalue weighted by Gasteiger charge is -2.28. The van der Waals surface area contributed by atoms with Crippen LogP contribution in [-0.4, -0.2) is 35.2 Å². The molecule has 0 aromatic heterocycles. The van der Waals surface area contributed by atoms with Gasteiger partial charge in [0.2, 0.25) is 0 Å². The fraction of sp³-hybridized carbons (Fsp3) is 0.938. The highest BCUT2D eigenvalue weighted by Crippen LogP contribution is 2.40. The number of unbranched alkanes of at least 4 members (excludes halogenated alkanes) is 2. The minimum absolute atomic E-state index is 0.0106. The summed E-state index contributed by atoms with van der Waals surface area (Å²) in [7, 11) is 0. The van der Waals surface area contributed by atoms with E-state index < -0.39 is 0 Å². The fourth-order valence-electron chi connectivity index (χ4n) is 3.01. The second kappa shape index (κ2) is 7.69. The molecule has 116 valence electrons. The Bertz CT molecular complexity index is 320. The molecule has 2 atom stereocenters. The Morgan fingerprint density at radius 3 is 2.75 bits per heavy atom. The van der Waals surface area contributed by atoms with Gasteiger partial charge in [0, 0.05) is 11.3 Å². The van der Waals surface area contributed by atoms with Gasteiger partial charge in [0.05, 0.1) is 6.61 Å². The fourth-order valence-corrected chi connectivity index (χ4v) is 4.40. The number of carbonyl (C=O) groups excluding carboxylic acids is 1. The van der Waals surface area contributed by atoms with Gasteiger partial charge < -0.3 is 4.74 Å². The molecule has 2 aliphatic rings. The predicted molar refractivity (Wildman–Crippen MR) is 85.1 cm³/mol. The van der Waals surface area contributed by atoms with Crippen molar-refractivity contribution in [2.45, 2.75) is 82.0 Å². The number of thioether (sulfide) groups is 1. The standard InChI is InChI=1S/C16H29NO2S/c1-3-5-6-11-20-14-9-10-16(12-14,15(18)19-4-2)17-13-7-8-13/h13-14,17H,3-12H2,1-2H3. The first kappa shape index (κ1) is 16.2. The maximum atomic E-state index is 12.4. The predicted octanol–water partition coefficient (Wildman–Crippen LogP) is 3.52. The van der Waals surface area contributed by atoms with Gasteiger partial charge in [0.15, 0.2) is 0 Å². The lowest BCUT2D eigenvalue weighted by Crippen LogP contribution is -2.52. The summed E-state index contributed by atoms with van der Waals surface area (Å²) in [6.45, 7) is 4.63. The molecule has 0 heterocycles. The molecule has 2 rings (SSSR count). The molecule has 0 saturated heterocycles. The summed E-state index contributed by atoms with van der Waals surface area (Å²) in [5.41, 5.74) is -0.375. The van der Waals surface area contributed by atoms with Crippen LogP contribution in [0.5, 0.6) is 0 Å². The van der Waals surface area contributed by atoms with Crippen LogP contribution in [0.3, 0.4) is 0 Å². The molecular weight excluding hydrogens is 270 g/mol. The summed E-state index contributed by atoms with van der Waals surface area (Å²) < 4.78 is 5.34. The first-order valence-corrected chi connectivity index (χ1v) is 9.31. The van der Waals surface area contributed by atoms with Crippen LogP contribution in [0, 0.1) is 0 Å². The number of hydrogen-bond donors (Lipinski definition) is 1. The Morgan fingerprint density at radius 2 is 2.10 bits per heavy atom. The molecule has 0 amide bonds. The molecule has 2 aliphatic carbocycles. The van der Waals surface area contributed by atoms with Crippen LogP contribution in [0.15, 0.2) is 0 Å². The van der Waals surface area contributed by atoms with Crippen molar-refractivity contribution in [3.63, 3.8) is 0 Å². The van der Waals surface area contributed by atoms with E-state index in [2.05, 4.69) is 24.0 Å². The van der Waals surface area contributed by atoms with Gasteiger partial charge in [-0.3, -0.25) is 10.1 Å². The third-order valence-corrected chi connectivity index (χ3v) is 5.69. The quantitative estimate of drug-likeness (QED) is 0.522. The summed E-state index contributed by atoms with van der Waals surface area (Å²) in [5.74, 6) is 1.23. The molecule has 2 fully saturated rings. The Balaban J connectivity index is 1.84. The van der Waals surface area contributed by atoms with Gasteiger partial charge in [-0.2, -0.15) is 11.8 Å². The van der Waals surface area contributed by atoms with Crippen molar-refractivity contribution < 1.29 is 9.53 Å². The number of rotatable bonds is 9. The summed E-state index contributed by atoms with van der Waals surface area (Å²) in [6, 6.07) is 0.559. The number of hydrogen-bond acceptors (Lipinski definition) is 4. The molecule has 1 N–H and O–H groups in total. The Kier molecular flexibility index (Phi) is 6.21. The molecule has 0 bridgehead atoms. The van der Waals surface area contributed by atoms with Crippen molar-refractivity contribution in [2.75, 3.05) is 12.4 Å². The van der Waals surface area contributed by atoms with Gasteiger partial charge in [-0.05, 0) is 51.2 Å². The summed E-state index contributed by atoms with van der Waals surface area (Å²) in [6.07, 6.45) is 9.40. The molecule has 0 aromatic carbocycles. The molecule has 0 radical (unpaired) electrons. The van der Waals surface area contributed by atoms with E-state index in [1.807, 2.05) is 6.92 Å². The first-order valence-electron chi connectivity index (χ1n) is 8.26. The van der Waals surface area contributed by atoms with Crippen molar-refractivity contribution in [1.82, 2.24) is 5.32 Å².